The van der Waals surface area contributed by atoms with E-state index in [1.54, 1.807) is 19.4 Å². The van der Waals surface area contributed by atoms with Crippen molar-refractivity contribution in [2.24, 2.45) is 0 Å². The minimum absolute atomic E-state index is 0.511. The molecule has 0 radical (unpaired) electrons. The van der Waals surface area contributed by atoms with Gasteiger partial charge in [-0.05, 0) is 6.07 Å². The molecule has 3 heterocycles. The van der Waals surface area contributed by atoms with Gasteiger partial charge in [0.1, 0.15) is 18.0 Å². The molecule has 8 heteroatoms. The Morgan fingerprint density at radius 3 is 2.89 bits per heavy atom. The zero-order valence-electron chi connectivity index (χ0n) is 10.3. The van der Waals surface area contributed by atoms with Gasteiger partial charge in [-0.2, -0.15) is 0 Å². The van der Waals surface area contributed by atoms with Gasteiger partial charge in [-0.15, -0.1) is 10.2 Å². The van der Waals surface area contributed by atoms with Crippen LogP contribution in [0, 0.1) is 0 Å². The van der Waals surface area contributed by atoms with Crippen LogP contribution in [-0.2, 0) is 13.1 Å². The molecule has 0 aromatic carbocycles. The molecule has 2 aromatic heterocycles. The average molecular weight is 299 g/mol. The average Bonchev–Trinajstić information content (AvgIpc) is 2.86. The van der Waals surface area contributed by atoms with E-state index in [1.165, 1.54) is 0 Å². The number of halogens is 2. The third-order valence-corrected chi connectivity index (χ3v) is 3.65. The second kappa shape index (κ2) is 4.86. The summed E-state index contributed by atoms with van der Waals surface area (Å²) in [4.78, 5) is 6.54. The lowest BCUT2D eigenvalue weighted by Crippen LogP contribution is -2.34. The summed E-state index contributed by atoms with van der Waals surface area (Å²) in [6, 6.07) is 1.70. The smallest absolute Gasteiger partial charge is 0.152 e. The maximum absolute atomic E-state index is 6.23. The first kappa shape index (κ1) is 12.5. The molecule has 0 aliphatic carbocycles. The highest BCUT2D eigenvalue weighted by Gasteiger charge is 2.21. The Morgan fingerprint density at radius 1 is 1.26 bits per heavy atom. The van der Waals surface area contributed by atoms with Crippen LogP contribution in [0.25, 0.3) is 0 Å². The van der Waals surface area contributed by atoms with E-state index in [2.05, 4.69) is 25.4 Å². The Morgan fingerprint density at radius 2 is 2.11 bits per heavy atom. The van der Waals surface area contributed by atoms with Gasteiger partial charge in [-0.3, -0.25) is 0 Å². The van der Waals surface area contributed by atoms with E-state index in [9.17, 15) is 0 Å². The van der Waals surface area contributed by atoms with Crippen LogP contribution in [0.4, 0.5) is 11.6 Å². The predicted octanol–water partition coefficient (Wildman–Crippen LogP) is 2.04. The molecule has 0 bridgehead atoms. The van der Waals surface area contributed by atoms with Crippen molar-refractivity contribution in [2.75, 3.05) is 23.8 Å². The Balaban J connectivity index is 1.95. The van der Waals surface area contributed by atoms with Gasteiger partial charge in [-0.1, -0.05) is 23.2 Å². The molecule has 0 amide bonds. The molecule has 6 nitrogen and oxygen atoms in total. The topological polar surface area (TPSA) is 58.9 Å². The summed E-state index contributed by atoms with van der Waals surface area (Å²) < 4.78 is 2.03. The van der Waals surface area contributed by atoms with E-state index in [4.69, 9.17) is 23.2 Å². The van der Waals surface area contributed by atoms with E-state index < -0.39 is 0 Å². The Kier molecular flexibility index (Phi) is 3.20. The summed E-state index contributed by atoms with van der Waals surface area (Å²) in [6.45, 7) is 2.26. The molecule has 0 saturated heterocycles. The van der Waals surface area contributed by atoms with Gasteiger partial charge in [0, 0.05) is 20.1 Å². The fourth-order valence-electron chi connectivity index (χ4n) is 2.10. The minimum atomic E-state index is 0.511. The molecule has 2 aromatic rings. The van der Waals surface area contributed by atoms with Gasteiger partial charge < -0.3 is 14.8 Å². The van der Waals surface area contributed by atoms with Crippen LogP contribution in [0.2, 0.25) is 10.0 Å². The maximum atomic E-state index is 6.23. The van der Waals surface area contributed by atoms with Crippen LogP contribution in [-0.4, -0.2) is 33.3 Å². The molecule has 0 spiro atoms. The van der Waals surface area contributed by atoms with Gasteiger partial charge in [-0.25, -0.2) is 4.98 Å². The third-order valence-electron chi connectivity index (χ3n) is 3.09. The number of pyridine rings is 1. The van der Waals surface area contributed by atoms with Crippen molar-refractivity contribution in [1.29, 1.82) is 0 Å². The lowest BCUT2D eigenvalue weighted by atomic mass is 10.3. The van der Waals surface area contributed by atoms with Gasteiger partial charge in [0.15, 0.2) is 5.82 Å². The highest BCUT2D eigenvalue weighted by molar-refractivity contribution is 6.37. The summed E-state index contributed by atoms with van der Waals surface area (Å²) in [6.07, 6.45) is 1.74. The number of nitrogens with one attached hydrogen (secondary N) is 1. The van der Waals surface area contributed by atoms with Gasteiger partial charge in [0.2, 0.25) is 0 Å². The lowest BCUT2D eigenvalue weighted by molar-refractivity contribution is 0.556. The molecular weight excluding hydrogens is 287 g/mol. The SMILES string of the molecule is CNc1nc(N2CCn3cnnc3C2)c(Cl)cc1Cl. The molecule has 0 fully saturated rings. The Hall–Kier alpha value is -1.53. The molecule has 19 heavy (non-hydrogen) atoms. The monoisotopic (exact) mass is 298 g/mol. The van der Waals surface area contributed by atoms with Gasteiger partial charge >= 0.3 is 0 Å². The van der Waals surface area contributed by atoms with E-state index in [0.717, 1.165) is 18.9 Å². The lowest BCUT2D eigenvalue weighted by Gasteiger charge is -2.29. The molecule has 1 N–H and O–H groups in total. The van der Waals surface area contributed by atoms with Crippen molar-refractivity contribution >= 4 is 34.8 Å². The molecule has 0 atom stereocenters. The van der Waals surface area contributed by atoms with E-state index in [0.29, 0.717) is 28.2 Å². The predicted molar refractivity (Wildman–Crippen MR) is 74.9 cm³/mol. The molecule has 0 saturated carbocycles. The van der Waals surface area contributed by atoms with Crippen LogP contribution in [0.3, 0.4) is 0 Å². The minimum Gasteiger partial charge on any atom is -0.372 e. The summed E-state index contributed by atoms with van der Waals surface area (Å²) in [7, 11) is 1.78. The number of rotatable bonds is 2. The highest BCUT2D eigenvalue weighted by atomic mass is 35.5. The number of aromatic nitrogens is 4. The van der Waals surface area contributed by atoms with Crippen LogP contribution in [0.5, 0.6) is 0 Å². The van der Waals surface area contributed by atoms with Crippen LogP contribution >= 0.6 is 23.2 Å². The number of hydrogen-bond donors (Lipinski definition) is 1. The first-order chi connectivity index (χ1) is 9.19. The van der Waals surface area contributed by atoms with Crippen molar-refractivity contribution in [1.82, 2.24) is 19.7 Å². The largest absolute Gasteiger partial charge is 0.372 e. The zero-order chi connectivity index (χ0) is 13.4. The fraction of sp³-hybridized carbons (Fsp3) is 0.364. The second-order valence-corrected chi connectivity index (χ2v) is 5.05. The molecule has 1 aliphatic rings. The van der Waals surface area contributed by atoms with Crippen LogP contribution in [0.1, 0.15) is 5.82 Å². The van der Waals surface area contributed by atoms with Crippen molar-refractivity contribution in [3.05, 3.63) is 28.3 Å². The van der Waals surface area contributed by atoms with E-state index in [-0.39, 0.29) is 0 Å². The first-order valence-electron chi connectivity index (χ1n) is 5.84. The van der Waals surface area contributed by atoms with Crippen LogP contribution < -0.4 is 10.2 Å². The molecule has 0 unspecified atom stereocenters. The van der Waals surface area contributed by atoms with Crippen molar-refractivity contribution < 1.29 is 0 Å². The van der Waals surface area contributed by atoms with Crippen molar-refractivity contribution in [3.63, 3.8) is 0 Å². The van der Waals surface area contributed by atoms with Crippen molar-refractivity contribution in [3.8, 4) is 0 Å². The maximum Gasteiger partial charge on any atom is 0.152 e. The number of nitrogens with zero attached hydrogens (tertiary/aromatic N) is 5. The summed E-state index contributed by atoms with van der Waals surface area (Å²) in [5.74, 6) is 2.24. The van der Waals surface area contributed by atoms with Crippen molar-refractivity contribution in [2.45, 2.75) is 13.1 Å². The summed E-state index contributed by atoms with van der Waals surface area (Å²) >= 11 is 12.3. The molecule has 1 aliphatic heterocycles. The molecule has 100 valence electrons. The third kappa shape index (κ3) is 2.21. The molecule has 3 rings (SSSR count). The zero-order valence-corrected chi connectivity index (χ0v) is 11.8. The summed E-state index contributed by atoms with van der Waals surface area (Å²) in [5, 5.41) is 12.0. The van der Waals surface area contributed by atoms with E-state index >= 15 is 0 Å². The standard InChI is InChI=1S/C11H12Cl2N6/c1-14-10-7(12)4-8(13)11(16-10)18-2-3-19-6-15-17-9(19)5-18/h4,6H,2-3,5H2,1H3,(H,14,16). The van der Waals surface area contributed by atoms with Crippen LogP contribution in [0.15, 0.2) is 12.4 Å². The Bertz CT molecular complexity index is 611. The summed E-state index contributed by atoms with van der Waals surface area (Å²) in [5.41, 5.74) is 0. The molecular formula is C11H12Cl2N6. The number of hydrogen-bond acceptors (Lipinski definition) is 5. The Labute approximate surface area is 120 Å². The highest BCUT2D eigenvalue weighted by Crippen LogP contribution is 2.32. The van der Waals surface area contributed by atoms with E-state index in [1.807, 2.05) is 4.57 Å². The number of anilines is 2. The van der Waals surface area contributed by atoms with Gasteiger partial charge in [0.25, 0.3) is 0 Å². The van der Waals surface area contributed by atoms with Gasteiger partial charge in [0.05, 0.1) is 16.6 Å². The number of fused-ring (bicyclic) bond motifs is 1. The normalized spacial score (nSPS) is 14.4. The second-order valence-electron chi connectivity index (χ2n) is 4.24. The fourth-order valence-corrected chi connectivity index (χ4v) is 2.67. The first-order valence-corrected chi connectivity index (χ1v) is 6.60. The quantitative estimate of drug-likeness (QED) is 0.919.